The zero-order valence-corrected chi connectivity index (χ0v) is 7.41. The number of carboxylic acid groups (broad SMARTS) is 1. The van der Waals surface area contributed by atoms with E-state index in [2.05, 4.69) is 5.32 Å². The molecule has 0 aliphatic carbocycles. The van der Waals surface area contributed by atoms with E-state index in [0.29, 0.717) is 6.42 Å². The van der Waals surface area contributed by atoms with Crippen LogP contribution in [0, 0.1) is 11.3 Å². The number of unbranched alkanes of at least 4 members (excludes halogenated alkanes) is 1. The summed E-state index contributed by atoms with van der Waals surface area (Å²) in [6.45, 7) is 1.92. The lowest BCUT2D eigenvalue weighted by Gasteiger charge is -2.05. The third-order valence-corrected chi connectivity index (χ3v) is 1.44. The lowest BCUT2D eigenvalue weighted by molar-refractivity contribution is -0.140. The highest BCUT2D eigenvalue weighted by Gasteiger charge is 2.17. The highest BCUT2D eigenvalue weighted by molar-refractivity contribution is 5.85. The molecular formula is C8H12N2O3. The molecule has 0 rings (SSSR count). The highest BCUT2D eigenvalue weighted by Crippen LogP contribution is 1.94. The van der Waals surface area contributed by atoms with Gasteiger partial charge in [-0.1, -0.05) is 13.3 Å². The van der Waals surface area contributed by atoms with Crippen LogP contribution in [-0.4, -0.2) is 23.0 Å². The largest absolute Gasteiger partial charge is 0.479 e. The van der Waals surface area contributed by atoms with Crippen molar-refractivity contribution in [1.29, 1.82) is 5.26 Å². The van der Waals surface area contributed by atoms with Crippen LogP contribution in [0.5, 0.6) is 0 Å². The summed E-state index contributed by atoms with van der Waals surface area (Å²) in [6, 6.07) is 0.0508. The molecule has 0 heterocycles. The Morgan fingerprint density at radius 3 is 2.62 bits per heavy atom. The van der Waals surface area contributed by atoms with Crippen molar-refractivity contribution in [3.05, 3.63) is 0 Å². The number of hydrogen-bond acceptors (Lipinski definition) is 3. The molecule has 0 aromatic rings. The van der Waals surface area contributed by atoms with E-state index in [1.807, 2.05) is 6.92 Å². The molecule has 0 aromatic heterocycles. The molecule has 0 spiro atoms. The van der Waals surface area contributed by atoms with E-state index in [4.69, 9.17) is 10.4 Å². The van der Waals surface area contributed by atoms with Crippen LogP contribution in [0.3, 0.4) is 0 Å². The summed E-state index contributed by atoms with van der Waals surface area (Å²) < 4.78 is 0. The molecule has 0 aliphatic rings. The van der Waals surface area contributed by atoms with E-state index < -0.39 is 17.9 Å². The number of nitrogens with zero attached hydrogens (tertiary/aromatic N) is 1. The molecule has 1 amide bonds. The van der Waals surface area contributed by atoms with Crippen molar-refractivity contribution >= 4 is 11.9 Å². The van der Waals surface area contributed by atoms with Crippen LogP contribution in [0.2, 0.25) is 0 Å². The third kappa shape index (κ3) is 4.80. The molecule has 0 bridgehead atoms. The van der Waals surface area contributed by atoms with Gasteiger partial charge in [-0.2, -0.15) is 5.26 Å². The molecule has 0 fully saturated rings. The van der Waals surface area contributed by atoms with E-state index in [1.165, 1.54) is 6.07 Å². The van der Waals surface area contributed by atoms with Gasteiger partial charge in [0.15, 0.2) is 0 Å². The maximum atomic E-state index is 11.0. The maximum absolute atomic E-state index is 11.0. The van der Waals surface area contributed by atoms with E-state index >= 15 is 0 Å². The molecule has 0 saturated carbocycles. The first-order valence-electron chi connectivity index (χ1n) is 4.03. The summed E-state index contributed by atoms with van der Waals surface area (Å²) >= 11 is 0. The van der Waals surface area contributed by atoms with Crippen LogP contribution in [0.25, 0.3) is 0 Å². The van der Waals surface area contributed by atoms with Crippen molar-refractivity contribution in [3.63, 3.8) is 0 Å². The minimum atomic E-state index is -1.43. The van der Waals surface area contributed by atoms with E-state index in [0.717, 1.165) is 6.42 Å². The fourth-order valence-corrected chi connectivity index (χ4v) is 0.720. The maximum Gasteiger partial charge on any atom is 0.341 e. The quantitative estimate of drug-likeness (QED) is 0.641. The summed E-state index contributed by atoms with van der Waals surface area (Å²) in [6.07, 6.45) is 1.82. The first-order valence-corrected chi connectivity index (χ1v) is 4.03. The van der Waals surface area contributed by atoms with Crippen molar-refractivity contribution < 1.29 is 14.7 Å². The van der Waals surface area contributed by atoms with Gasteiger partial charge in [-0.05, 0) is 6.42 Å². The van der Waals surface area contributed by atoms with Crippen LogP contribution in [0.15, 0.2) is 0 Å². The van der Waals surface area contributed by atoms with E-state index in [1.54, 1.807) is 0 Å². The Kier molecular flexibility index (Phi) is 5.28. The second kappa shape index (κ2) is 6.00. The monoisotopic (exact) mass is 184 g/mol. The van der Waals surface area contributed by atoms with Gasteiger partial charge < -0.3 is 10.4 Å². The Labute approximate surface area is 76.4 Å². The van der Waals surface area contributed by atoms with Crippen molar-refractivity contribution in [2.45, 2.75) is 32.2 Å². The van der Waals surface area contributed by atoms with Gasteiger partial charge in [0.2, 0.25) is 11.9 Å². The molecule has 0 aromatic carbocycles. The Balaban J connectivity index is 3.89. The molecule has 0 radical (unpaired) electrons. The Morgan fingerprint density at radius 1 is 1.62 bits per heavy atom. The SMILES string of the molecule is CCCCC(=O)NC(C#N)C(=O)O. The fraction of sp³-hybridized carbons (Fsp3) is 0.625. The molecule has 13 heavy (non-hydrogen) atoms. The second-order valence-corrected chi connectivity index (χ2v) is 2.57. The predicted octanol–water partition coefficient (Wildman–Crippen LogP) is 0.270. The van der Waals surface area contributed by atoms with Crippen LogP contribution < -0.4 is 5.32 Å². The summed E-state index contributed by atoms with van der Waals surface area (Å²) in [5.74, 6) is -1.72. The van der Waals surface area contributed by atoms with Gasteiger partial charge in [-0.15, -0.1) is 0 Å². The van der Waals surface area contributed by atoms with Gasteiger partial charge in [0.25, 0.3) is 0 Å². The molecular weight excluding hydrogens is 172 g/mol. The van der Waals surface area contributed by atoms with Crippen molar-refractivity contribution in [2.24, 2.45) is 0 Å². The van der Waals surface area contributed by atoms with E-state index in [9.17, 15) is 9.59 Å². The van der Waals surface area contributed by atoms with Gasteiger partial charge in [0.1, 0.15) is 0 Å². The molecule has 1 unspecified atom stereocenters. The van der Waals surface area contributed by atoms with Gasteiger partial charge in [-0.3, -0.25) is 4.79 Å². The molecule has 2 N–H and O–H groups in total. The first kappa shape index (κ1) is 11.4. The Morgan fingerprint density at radius 2 is 2.23 bits per heavy atom. The molecule has 1 atom stereocenters. The fourth-order valence-electron chi connectivity index (χ4n) is 0.720. The van der Waals surface area contributed by atoms with Crippen molar-refractivity contribution in [3.8, 4) is 6.07 Å². The topological polar surface area (TPSA) is 90.2 Å². The summed E-state index contributed by atoms with van der Waals surface area (Å²) in [7, 11) is 0. The second-order valence-electron chi connectivity index (χ2n) is 2.57. The Bertz CT molecular complexity index is 232. The molecule has 5 nitrogen and oxygen atoms in total. The summed E-state index contributed by atoms with van der Waals surface area (Å²) in [4.78, 5) is 21.3. The number of amides is 1. The highest BCUT2D eigenvalue weighted by atomic mass is 16.4. The van der Waals surface area contributed by atoms with Crippen LogP contribution in [0.1, 0.15) is 26.2 Å². The molecule has 5 heteroatoms. The number of nitriles is 1. The lowest BCUT2D eigenvalue weighted by atomic mass is 10.2. The number of nitrogens with one attached hydrogen (secondary N) is 1. The third-order valence-electron chi connectivity index (χ3n) is 1.44. The minimum absolute atomic E-state index is 0.266. The number of carboxylic acids is 1. The number of rotatable bonds is 5. The smallest absolute Gasteiger partial charge is 0.341 e. The van der Waals surface area contributed by atoms with Crippen LogP contribution in [-0.2, 0) is 9.59 Å². The normalized spacial score (nSPS) is 11.4. The molecule has 0 aliphatic heterocycles. The van der Waals surface area contributed by atoms with Gasteiger partial charge >= 0.3 is 5.97 Å². The van der Waals surface area contributed by atoms with Crippen LogP contribution >= 0.6 is 0 Å². The Hall–Kier alpha value is -1.57. The standard InChI is InChI=1S/C8H12N2O3/c1-2-3-4-7(11)10-6(5-9)8(12)13/h6H,2-4H2,1H3,(H,10,11)(H,12,13). The predicted molar refractivity (Wildman–Crippen MR) is 44.7 cm³/mol. The van der Waals surface area contributed by atoms with Crippen molar-refractivity contribution in [1.82, 2.24) is 5.32 Å². The molecule has 72 valence electrons. The average molecular weight is 184 g/mol. The summed E-state index contributed by atoms with van der Waals surface area (Å²) in [5.41, 5.74) is 0. The minimum Gasteiger partial charge on any atom is -0.479 e. The zero-order chi connectivity index (χ0) is 10.3. The first-order chi connectivity index (χ1) is 6.11. The van der Waals surface area contributed by atoms with Crippen LogP contribution in [0.4, 0.5) is 0 Å². The van der Waals surface area contributed by atoms with Gasteiger partial charge in [0, 0.05) is 6.42 Å². The number of hydrogen-bond donors (Lipinski definition) is 2. The van der Waals surface area contributed by atoms with Gasteiger partial charge in [0.05, 0.1) is 6.07 Å². The van der Waals surface area contributed by atoms with E-state index in [-0.39, 0.29) is 6.42 Å². The van der Waals surface area contributed by atoms with Crippen molar-refractivity contribution in [2.75, 3.05) is 0 Å². The average Bonchev–Trinajstić information content (AvgIpc) is 2.10. The zero-order valence-electron chi connectivity index (χ0n) is 7.41. The number of aliphatic carboxylic acids is 1. The molecule has 0 saturated heterocycles. The summed E-state index contributed by atoms with van der Waals surface area (Å²) in [5, 5.41) is 18.8. The van der Waals surface area contributed by atoms with Gasteiger partial charge in [-0.25, -0.2) is 4.79 Å². The lowest BCUT2D eigenvalue weighted by Crippen LogP contribution is -2.39. The number of carbonyl (C=O) groups excluding carboxylic acids is 1. The number of carbonyl (C=O) groups is 2.